The average Bonchev–Trinajstić information content (AvgIpc) is 3.10. The van der Waals surface area contributed by atoms with Gasteiger partial charge in [0.25, 0.3) is 5.91 Å². The molecule has 33 heavy (non-hydrogen) atoms. The number of aryl methyl sites for hydroxylation is 2. The summed E-state index contributed by atoms with van der Waals surface area (Å²) in [5.74, 6) is 0.960. The molecule has 0 radical (unpaired) electrons. The van der Waals surface area contributed by atoms with Gasteiger partial charge in [-0.15, -0.1) is 0 Å². The Balaban J connectivity index is 1.82. The first-order chi connectivity index (χ1) is 15.7. The van der Waals surface area contributed by atoms with E-state index in [0.29, 0.717) is 47.3 Å². The van der Waals surface area contributed by atoms with Crippen molar-refractivity contribution in [3.63, 3.8) is 0 Å². The van der Waals surface area contributed by atoms with E-state index in [-0.39, 0.29) is 24.0 Å². The van der Waals surface area contributed by atoms with Crippen molar-refractivity contribution in [2.24, 2.45) is 5.92 Å². The third-order valence-electron chi connectivity index (χ3n) is 5.76. The Morgan fingerprint density at radius 1 is 1.27 bits per heavy atom. The number of rotatable bonds is 3. The summed E-state index contributed by atoms with van der Waals surface area (Å²) in [4.78, 5) is 27.3. The summed E-state index contributed by atoms with van der Waals surface area (Å²) in [5.41, 5.74) is 2.02. The molecule has 0 spiro atoms. The van der Waals surface area contributed by atoms with Crippen LogP contribution in [0.1, 0.15) is 35.7 Å². The van der Waals surface area contributed by atoms with Gasteiger partial charge in [-0.25, -0.2) is 4.79 Å². The van der Waals surface area contributed by atoms with Crippen LogP contribution in [0.4, 0.5) is 16.2 Å². The van der Waals surface area contributed by atoms with Crippen LogP contribution in [0.5, 0.6) is 5.75 Å². The highest BCUT2D eigenvalue weighted by molar-refractivity contribution is 6.02. The highest BCUT2D eigenvalue weighted by Crippen LogP contribution is 2.26. The average molecular weight is 460 g/mol. The number of nitrogens with zero attached hydrogens (tertiary/aromatic N) is 2. The van der Waals surface area contributed by atoms with Crippen molar-refractivity contribution in [1.29, 1.82) is 0 Å². The van der Waals surface area contributed by atoms with Crippen LogP contribution >= 0.6 is 0 Å². The van der Waals surface area contributed by atoms with E-state index in [1.165, 1.54) is 0 Å². The van der Waals surface area contributed by atoms with E-state index in [2.05, 4.69) is 28.0 Å². The lowest BCUT2D eigenvalue weighted by Crippen LogP contribution is -2.44. The number of amides is 3. The van der Waals surface area contributed by atoms with E-state index in [1.807, 2.05) is 6.92 Å². The molecular weight excluding hydrogens is 426 g/mol. The molecule has 0 aliphatic carbocycles. The molecule has 10 heteroatoms. The Morgan fingerprint density at radius 3 is 2.70 bits per heavy atom. The second-order valence-electron chi connectivity index (χ2n) is 8.55. The van der Waals surface area contributed by atoms with Gasteiger partial charge >= 0.3 is 6.03 Å². The third-order valence-corrected chi connectivity index (χ3v) is 5.76. The van der Waals surface area contributed by atoms with Crippen LogP contribution in [-0.4, -0.2) is 68.0 Å². The van der Waals surface area contributed by atoms with Gasteiger partial charge in [-0.3, -0.25) is 4.79 Å². The van der Waals surface area contributed by atoms with Crippen molar-refractivity contribution in [2.45, 2.75) is 39.8 Å². The molecule has 1 aliphatic heterocycles. The lowest BCUT2D eigenvalue weighted by atomic mass is 10.0. The molecule has 3 N–H and O–H groups in total. The summed E-state index contributed by atoms with van der Waals surface area (Å²) in [6.45, 7) is 9.13. The van der Waals surface area contributed by atoms with Crippen LogP contribution in [0.15, 0.2) is 22.7 Å². The number of fused-ring (bicyclic) bond motifs is 1. The second-order valence-corrected chi connectivity index (χ2v) is 8.55. The molecule has 1 aromatic carbocycles. The van der Waals surface area contributed by atoms with E-state index >= 15 is 0 Å². The normalized spacial score (nSPS) is 21.9. The molecule has 1 aromatic heterocycles. The number of urea groups is 1. The SMILES string of the molecule is CO[C@H]1CN(C)C(=O)c2ccc(NC(=O)Nc3c(C)noc3C)cc2OC[C@H](C)NC[C@H]1C. The number of hydrogen-bond acceptors (Lipinski definition) is 7. The molecule has 2 aromatic rings. The first kappa shape index (κ1) is 24.5. The standard InChI is InChI=1S/C23H33N5O5/c1-13-10-24-14(2)12-32-19-9-17(25-23(30)26-21-15(3)27-33-16(21)4)7-8-18(19)22(29)28(5)11-20(13)31-6/h7-9,13-14,20,24H,10-12H2,1-6H3,(H2,25,26,30)/t13-,14+,20+/m1/s1. The van der Waals surface area contributed by atoms with Gasteiger partial charge in [0.15, 0.2) is 5.76 Å². The summed E-state index contributed by atoms with van der Waals surface area (Å²) < 4.78 is 16.7. The minimum absolute atomic E-state index is 0.0597. The van der Waals surface area contributed by atoms with E-state index in [4.69, 9.17) is 14.0 Å². The number of aromatic nitrogens is 1. The number of methoxy groups -OCH3 is 1. The minimum Gasteiger partial charge on any atom is -0.491 e. The summed E-state index contributed by atoms with van der Waals surface area (Å²) >= 11 is 0. The lowest BCUT2D eigenvalue weighted by molar-refractivity contribution is 0.0281. The maximum Gasteiger partial charge on any atom is 0.323 e. The second kappa shape index (κ2) is 10.7. The molecule has 0 bridgehead atoms. The summed E-state index contributed by atoms with van der Waals surface area (Å²) in [5, 5.41) is 12.8. The van der Waals surface area contributed by atoms with Crippen LogP contribution in [0, 0.1) is 19.8 Å². The lowest BCUT2D eigenvalue weighted by Gasteiger charge is -2.30. The highest BCUT2D eigenvalue weighted by Gasteiger charge is 2.25. The number of ether oxygens (including phenoxy) is 2. The quantitative estimate of drug-likeness (QED) is 0.646. The van der Waals surface area contributed by atoms with E-state index in [1.54, 1.807) is 51.1 Å². The molecular formula is C23H33N5O5. The smallest absolute Gasteiger partial charge is 0.323 e. The molecule has 2 heterocycles. The van der Waals surface area contributed by atoms with Crippen LogP contribution in [0.2, 0.25) is 0 Å². The largest absolute Gasteiger partial charge is 0.491 e. The number of hydrogen-bond donors (Lipinski definition) is 3. The zero-order chi connectivity index (χ0) is 24.1. The van der Waals surface area contributed by atoms with Crippen molar-refractivity contribution in [1.82, 2.24) is 15.4 Å². The number of carbonyl (C=O) groups excluding carboxylic acids is 2. The monoisotopic (exact) mass is 459 g/mol. The van der Waals surface area contributed by atoms with E-state index in [9.17, 15) is 9.59 Å². The predicted octanol–water partition coefficient (Wildman–Crippen LogP) is 3.03. The molecule has 0 saturated heterocycles. The molecule has 0 fully saturated rings. The van der Waals surface area contributed by atoms with Crippen molar-refractivity contribution in [3.05, 3.63) is 35.2 Å². The molecule has 180 valence electrons. The zero-order valence-corrected chi connectivity index (χ0v) is 20.0. The maximum absolute atomic E-state index is 13.2. The number of nitrogens with one attached hydrogen (secondary N) is 3. The first-order valence-electron chi connectivity index (χ1n) is 11.0. The minimum atomic E-state index is -0.451. The summed E-state index contributed by atoms with van der Waals surface area (Å²) in [7, 11) is 3.41. The van der Waals surface area contributed by atoms with Crippen LogP contribution in [0.3, 0.4) is 0 Å². The molecule has 3 amide bonds. The topological polar surface area (TPSA) is 118 Å². The third kappa shape index (κ3) is 6.02. The van der Waals surface area contributed by atoms with Gasteiger partial charge in [0.1, 0.15) is 23.7 Å². The van der Waals surface area contributed by atoms with Gasteiger partial charge in [-0.2, -0.15) is 0 Å². The van der Waals surface area contributed by atoms with E-state index in [0.717, 1.165) is 6.54 Å². The van der Waals surface area contributed by atoms with Gasteiger partial charge < -0.3 is 34.8 Å². The van der Waals surface area contributed by atoms with Crippen LogP contribution < -0.4 is 20.7 Å². The molecule has 1 aliphatic rings. The fraction of sp³-hybridized carbons (Fsp3) is 0.522. The Hall–Kier alpha value is -3.11. The Labute approximate surface area is 194 Å². The van der Waals surface area contributed by atoms with Gasteiger partial charge in [-0.1, -0.05) is 12.1 Å². The van der Waals surface area contributed by atoms with Gasteiger partial charge in [0.05, 0.1) is 11.7 Å². The van der Waals surface area contributed by atoms with Gasteiger partial charge in [-0.05, 0) is 38.8 Å². The Bertz CT molecular complexity index is 972. The maximum atomic E-state index is 13.2. The number of likely N-dealkylation sites (N-methyl/N-ethyl adjacent to an activating group) is 1. The highest BCUT2D eigenvalue weighted by atomic mass is 16.5. The van der Waals surface area contributed by atoms with Crippen molar-refractivity contribution in [3.8, 4) is 5.75 Å². The number of carbonyl (C=O) groups is 2. The Kier molecular flexibility index (Phi) is 7.93. The van der Waals surface area contributed by atoms with E-state index < -0.39 is 6.03 Å². The van der Waals surface area contributed by atoms with Crippen molar-refractivity contribution >= 4 is 23.3 Å². The van der Waals surface area contributed by atoms with Gasteiger partial charge in [0, 0.05) is 45.0 Å². The van der Waals surface area contributed by atoms with Crippen LogP contribution in [0.25, 0.3) is 0 Å². The molecule has 0 saturated carbocycles. The summed E-state index contributed by atoms with van der Waals surface area (Å²) in [6, 6.07) is 4.60. The van der Waals surface area contributed by atoms with Crippen LogP contribution in [-0.2, 0) is 4.74 Å². The molecule has 10 nitrogen and oxygen atoms in total. The van der Waals surface area contributed by atoms with Crippen molar-refractivity contribution in [2.75, 3.05) is 44.5 Å². The zero-order valence-electron chi connectivity index (χ0n) is 20.0. The molecule has 3 atom stereocenters. The number of anilines is 2. The predicted molar refractivity (Wildman–Crippen MR) is 125 cm³/mol. The Morgan fingerprint density at radius 2 is 2.03 bits per heavy atom. The van der Waals surface area contributed by atoms with Crippen molar-refractivity contribution < 1.29 is 23.6 Å². The molecule has 3 rings (SSSR count). The van der Waals surface area contributed by atoms with Gasteiger partial charge in [0.2, 0.25) is 0 Å². The summed E-state index contributed by atoms with van der Waals surface area (Å²) in [6.07, 6.45) is -0.101. The molecule has 0 unspecified atom stereocenters. The first-order valence-corrected chi connectivity index (χ1v) is 11.0. The number of benzene rings is 1. The fourth-order valence-corrected chi connectivity index (χ4v) is 3.67. The fourth-order valence-electron chi connectivity index (χ4n) is 3.67.